The number of methoxy groups -OCH3 is 1. The molecule has 3 rings (SSSR count). The molecule has 164 valence electrons. The first-order valence-corrected chi connectivity index (χ1v) is 10.0. The second-order valence-electron chi connectivity index (χ2n) is 7.15. The molecule has 3 aromatic rings. The molecule has 1 N–H and O–H groups in total. The van der Waals surface area contributed by atoms with Gasteiger partial charge >= 0.3 is 0 Å². The molecule has 3 aromatic carbocycles. The van der Waals surface area contributed by atoms with Crippen molar-refractivity contribution in [1.29, 1.82) is 0 Å². The van der Waals surface area contributed by atoms with E-state index in [4.69, 9.17) is 9.47 Å². The minimum absolute atomic E-state index is 0.0274. The van der Waals surface area contributed by atoms with Gasteiger partial charge in [0.25, 0.3) is 5.69 Å². The molecule has 0 atom stereocenters. The summed E-state index contributed by atoms with van der Waals surface area (Å²) >= 11 is 0. The van der Waals surface area contributed by atoms with Crippen molar-refractivity contribution in [2.45, 2.75) is 20.0 Å². The molecular weight excluding hydrogens is 406 g/mol. The van der Waals surface area contributed by atoms with Crippen LogP contribution in [0, 0.1) is 17.0 Å². The van der Waals surface area contributed by atoms with Crippen molar-refractivity contribution in [2.24, 2.45) is 5.10 Å². The lowest BCUT2D eigenvalue weighted by atomic mass is 10.1. The number of nitrogens with zero attached hydrogens (tertiary/aromatic N) is 2. The zero-order chi connectivity index (χ0) is 22.9. The SMILES string of the molecule is C=CCc1cc(/C=N/Nc2ccc([N+](=O)[O-])cc2)cc(OC)c1OCc1ccc(C)cc1. The number of hydrogen-bond donors (Lipinski definition) is 1. The third kappa shape index (κ3) is 5.95. The lowest BCUT2D eigenvalue weighted by molar-refractivity contribution is -0.384. The fraction of sp³-hybridized carbons (Fsp3) is 0.160. The van der Waals surface area contributed by atoms with Gasteiger partial charge in [-0.15, -0.1) is 6.58 Å². The Labute approximate surface area is 187 Å². The van der Waals surface area contributed by atoms with E-state index >= 15 is 0 Å². The van der Waals surface area contributed by atoms with Crippen molar-refractivity contribution in [2.75, 3.05) is 12.5 Å². The van der Waals surface area contributed by atoms with Gasteiger partial charge in [0.2, 0.25) is 0 Å². The van der Waals surface area contributed by atoms with E-state index in [0.29, 0.717) is 30.2 Å². The number of benzene rings is 3. The first-order chi connectivity index (χ1) is 15.5. The zero-order valence-corrected chi connectivity index (χ0v) is 18.1. The van der Waals surface area contributed by atoms with Crippen LogP contribution in [0.15, 0.2) is 78.4 Å². The number of allylic oxidation sites excluding steroid dienone is 1. The molecule has 0 unspecified atom stereocenters. The van der Waals surface area contributed by atoms with E-state index in [0.717, 1.165) is 16.7 Å². The van der Waals surface area contributed by atoms with E-state index in [1.165, 1.54) is 17.7 Å². The van der Waals surface area contributed by atoms with Crippen molar-refractivity contribution >= 4 is 17.6 Å². The van der Waals surface area contributed by atoms with Gasteiger partial charge in [-0.25, -0.2) is 0 Å². The van der Waals surface area contributed by atoms with Crippen LogP contribution in [-0.2, 0) is 13.0 Å². The average Bonchev–Trinajstić information content (AvgIpc) is 2.79. The summed E-state index contributed by atoms with van der Waals surface area (Å²) in [5.41, 5.74) is 7.56. The number of aryl methyl sites for hydroxylation is 1. The number of anilines is 1. The monoisotopic (exact) mass is 431 g/mol. The topological polar surface area (TPSA) is 86.0 Å². The summed E-state index contributed by atoms with van der Waals surface area (Å²) in [4.78, 5) is 10.3. The number of non-ortho nitro benzene ring substituents is 1. The van der Waals surface area contributed by atoms with Crippen LogP contribution >= 0.6 is 0 Å². The van der Waals surface area contributed by atoms with Gasteiger partial charge in [-0.2, -0.15) is 5.10 Å². The van der Waals surface area contributed by atoms with Crippen LogP contribution in [0.2, 0.25) is 0 Å². The highest BCUT2D eigenvalue weighted by molar-refractivity contribution is 5.82. The lowest BCUT2D eigenvalue weighted by Crippen LogP contribution is -2.02. The van der Waals surface area contributed by atoms with Gasteiger partial charge in [0.15, 0.2) is 11.5 Å². The maximum atomic E-state index is 10.8. The predicted octanol–water partition coefficient (Wildman–Crippen LogP) is 5.67. The molecule has 0 spiro atoms. The van der Waals surface area contributed by atoms with Crippen molar-refractivity contribution in [3.63, 3.8) is 0 Å². The number of hydrazone groups is 1. The molecule has 0 bridgehead atoms. The molecule has 0 aliphatic heterocycles. The van der Waals surface area contributed by atoms with E-state index in [1.54, 1.807) is 25.5 Å². The molecule has 7 nitrogen and oxygen atoms in total. The van der Waals surface area contributed by atoms with Crippen molar-refractivity contribution < 1.29 is 14.4 Å². The van der Waals surface area contributed by atoms with E-state index in [-0.39, 0.29) is 5.69 Å². The number of ether oxygens (including phenoxy) is 2. The summed E-state index contributed by atoms with van der Waals surface area (Å²) < 4.78 is 11.7. The van der Waals surface area contributed by atoms with Crippen LogP contribution in [0.5, 0.6) is 11.5 Å². The van der Waals surface area contributed by atoms with Gasteiger partial charge in [-0.05, 0) is 48.7 Å². The predicted molar refractivity (Wildman–Crippen MR) is 127 cm³/mol. The Kier molecular flexibility index (Phi) is 7.59. The molecular formula is C25H25N3O4. The zero-order valence-electron chi connectivity index (χ0n) is 18.1. The normalized spacial score (nSPS) is 10.7. The summed E-state index contributed by atoms with van der Waals surface area (Å²) in [6, 6.07) is 18.0. The largest absolute Gasteiger partial charge is 0.493 e. The Bertz CT molecular complexity index is 1110. The maximum absolute atomic E-state index is 10.8. The Balaban J connectivity index is 1.77. The van der Waals surface area contributed by atoms with Crippen LogP contribution in [0.3, 0.4) is 0 Å². The highest BCUT2D eigenvalue weighted by Crippen LogP contribution is 2.34. The Morgan fingerprint density at radius 1 is 1.12 bits per heavy atom. The summed E-state index contributed by atoms with van der Waals surface area (Å²) in [7, 11) is 1.60. The average molecular weight is 431 g/mol. The van der Waals surface area contributed by atoms with Crippen molar-refractivity contribution in [1.82, 2.24) is 0 Å². The molecule has 0 saturated carbocycles. The fourth-order valence-electron chi connectivity index (χ4n) is 3.06. The van der Waals surface area contributed by atoms with Gasteiger partial charge in [-0.3, -0.25) is 15.5 Å². The van der Waals surface area contributed by atoms with Gasteiger partial charge in [0.05, 0.1) is 23.9 Å². The molecule has 0 fully saturated rings. The molecule has 0 saturated heterocycles. The number of rotatable bonds is 10. The third-order valence-electron chi connectivity index (χ3n) is 4.73. The quantitative estimate of drug-likeness (QED) is 0.194. The smallest absolute Gasteiger partial charge is 0.269 e. The Morgan fingerprint density at radius 2 is 1.84 bits per heavy atom. The molecule has 0 heterocycles. The second kappa shape index (κ2) is 10.8. The summed E-state index contributed by atoms with van der Waals surface area (Å²) in [5.74, 6) is 1.28. The molecule has 0 aliphatic carbocycles. The number of nitro benzene ring substituents is 1. The molecule has 0 radical (unpaired) electrons. The summed E-state index contributed by atoms with van der Waals surface area (Å²) in [5, 5.41) is 15.0. The van der Waals surface area contributed by atoms with Crippen molar-refractivity contribution in [3.05, 3.63) is 106 Å². The molecule has 0 aromatic heterocycles. The van der Waals surface area contributed by atoms with Crippen LogP contribution in [0.4, 0.5) is 11.4 Å². The Hall–Kier alpha value is -4.13. The maximum Gasteiger partial charge on any atom is 0.269 e. The molecule has 32 heavy (non-hydrogen) atoms. The Morgan fingerprint density at radius 3 is 2.47 bits per heavy atom. The highest BCUT2D eigenvalue weighted by atomic mass is 16.6. The minimum atomic E-state index is -0.442. The highest BCUT2D eigenvalue weighted by Gasteiger charge is 2.13. The van der Waals surface area contributed by atoms with Gasteiger partial charge in [0, 0.05) is 17.7 Å². The fourth-order valence-corrected chi connectivity index (χ4v) is 3.06. The van der Waals surface area contributed by atoms with Crippen molar-refractivity contribution in [3.8, 4) is 11.5 Å². The summed E-state index contributed by atoms with van der Waals surface area (Å²) in [6.07, 6.45) is 4.07. The van der Waals surface area contributed by atoms with E-state index < -0.39 is 4.92 Å². The molecule has 7 heteroatoms. The van der Waals surface area contributed by atoms with Crippen LogP contribution in [0.25, 0.3) is 0 Å². The number of hydrogen-bond acceptors (Lipinski definition) is 6. The van der Waals surface area contributed by atoms with Gasteiger partial charge < -0.3 is 9.47 Å². The lowest BCUT2D eigenvalue weighted by Gasteiger charge is -2.16. The minimum Gasteiger partial charge on any atom is -0.493 e. The summed E-state index contributed by atoms with van der Waals surface area (Å²) in [6.45, 7) is 6.32. The second-order valence-corrected chi connectivity index (χ2v) is 7.15. The third-order valence-corrected chi connectivity index (χ3v) is 4.73. The number of nitrogens with one attached hydrogen (secondary N) is 1. The van der Waals surface area contributed by atoms with Gasteiger partial charge in [-0.1, -0.05) is 35.9 Å². The molecule has 0 amide bonds. The van der Waals surface area contributed by atoms with E-state index in [1.807, 2.05) is 37.3 Å². The van der Waals surface area contributed by atoms with Crippen LogP contribution < -0.4 is 14.9 Å². The first kappa shape index (κ1) is 22.6. The van der Waals surface area contributed by atoms with E-state index in [2.05, 4.69) is 29.2 Å². The van der Waals surface area contributed by atoms with Crippen LogP contribution in [-0.4, -0.2) is 18.2 Å². The van der Waals surface area contributed by atoms with Gasteiger partial charge in [0.1, 0.15) is 6.61 Å². The van der Waals surface area contributed by atoms with E-state index in [9.17, 15) is 10.1 Å². The first-order valence-electron chi connectivity index (χ1n) is 10.0. The standard InChI is InChI=1S/C25H25N3O4/c1-4-5-21-14-20(16-26-27-22-10-12-23(13-11-22)28(29)30)15-24(31-3)25(21)32-17-19-8-6-18(2)7-9-19/h4,6-16,27H,1,5,17H2,2-3H3/b26-16+. The number of nitro groups is 1. The molecule has 0 aliphatic rings. The van der Waals surface area contributed by atoms with Crippen LogP contribution in [0.1, 0.15) is 22.3 Å².